The molecule has 0 fully saturated rings. The number of nitrogens with one attached hydrogen (secondary N) is 1. The van der Waals surface area contributed by atoms with Gasteiger partial charge in [-0.05, 0) is 53.9 Å². The average molecular weight is 496 g/mol. The minimum absolute atomic E-state index is 0.639. The number of anilines is 2. The third kappa shape index (κ3) is 6.10. The third-order valence-electron chi connectivity index (χ3n) is 5.37. The molecule has 5 aromatic rings. The second kappa shape index (κ2) is 11.2. The van der Waals surface area contributed by atoms with E-state index in [9.17, 15) is 0 Å². The lowest BCUT2D eigenvalue weighted by atomic mass is 10.0. The lowest BCUT2D eigenvalue weighted by Gasteiger charge is -2.07. The zero-order valence-electron chi connectivity index (χ0n) is 19.3. The quantitative estimate of drug-likeness (QED) is 0.208. The number of hydrogen-bond donors (Lipinski definition) is 1. The molecular formula is C29H25N3OS2. The molecule has 4 aromatic carbocycles. The van der Waals surface area contributed by atoms with Gasteiger partial charge in [-0.3, -0.25) is 0 Å². The highest BCUT2D eigenvalue weighted by molar-refractivity contribution is 7.98. The Bertz CT molecular complexity index is 1380. The van der Waals surface area contributed by atoms with Crippen LogP contribution in [0.4, 0.5) is 10.8 Å². The molecule has 0 atom stereocenters. The first-order valence-corrected chi connectivity index (χ1v) is 13.3. The van der Waals surface area contributed by atoms with Gasteiger partial charge in [0.2, 0.25) is 5.13 Å². The maximum Gasteiger partial charge on any atom is 0.210 e. The van der Waals surface area contributed by atoms with Gasteiger partial charge in [-0.15, -0.1) is 22.0 Å². The lowest BCUT2D eigenvalue weighted by molar-refractivity contribution is 0.340. The largest absolute Gasteiger partial charge is 0.494 e. The molecule has 0 spiro atoms. The Morgan fingerprint density at radius 3 is 2.37 bits per heavy atom. The van der Waals surface area contributed by atoms with Crippen molar-refractivity contribution in [1.82, 2.24) is 10.2 Å². The number of benzene rings is 4. The third-order valence-corrected chi connectivity index (χ3v) is 7.32. The molecule has 1 heterocycles. The van der Waals surface area contributed by atoms with Gasteiger partial charge in [0, 0.05) is 21.9 Å². The molecule has 0 aliphatic rings. The van der Waals surface area contributed by atoms with E-state index < -0.39 is 0 Å². The summed E-state index contributed by atoms with van der Waals surface area (Å²) in [4.78, 5) is 1.20. The van der Waals surface area contributed by atoms with Crippen molar-refractivity contribution in [1.29, 1.82) is 0 Å². The van der Waals surface area contributed by atoms with Crippen molar-refractivity contribution in [2.24, 2.45) is 0 Å². The molecule has 1 N–H and O–H groups in total. The second-order valence-electron chi connectivity index (χ2n) is 7.88. The van der Waals surface area contributed by atoms with Crippen LogP contribution in [0.2, 0.25) is 0 Å². The molecule has 0 radical (unpaired) electrons. The smallest absolute Gasteiger partial charge is 0.210 e. The summed E-state index contributed by atoms with van der Waals surface area (Å²) in [5, 5.41) is 13.7. The van der Waals surface area contributed by atoms with Gasteiger partial charge in [0.1, 0.15) is 10.8 Å². The number of rotatable bonds is 9. The first-order chi connectivity index (χ1) is 17.3. The van der Waals surface area contributed by atoms with Crippen molar-refractivity contribution in [2.75, 3.05) is 11.9 Å². The minimum Gasteiger partial charge on any atom is -0.494 e. The van der Waals surface area contributed by atoms with Crippen molar-refractivity contribution >= 4 is 33.9 Å². The molecule has 6 heteroatoms. The summed E-state index contributed by atoms with van der Waals surface area (Å²) in [6.45, 7) is 2.62. The van der Waals surface area contributed by atoms with Gasteiger partial charge < -0.3 is 10.1 Å². The molecule has 1 aromatic heterocycles. The Hall–Kier alpha value is -3.61. The van der Waals surface area contributed by atoms with Crippen LogP contribution in [0.5, 0.6) is 5.75 Å². The van der Waals surface area contributed by atoms with Gasteiger partial charge in [-0.1, -0.05) is 84.1 Å². The van der Waals surface area contributed by atoms with Crippen LogP contribution in [0.15, 0.2) is 108 Å². The maximum atomic E-state index is 5.60. The number of thioether (sulfide) groups is 1. The fourth-order valence-corrected chi connectivity index (χ4v) is 5.32. The predicted octanol–water partition coefficient (Wildman–Crippen LogP) is 8.31. The topological polar surface area (TPSA) is 47.0 Å². The molecule has 0 unspecified atom stereocenters. The van der Waals surface area contributed by atoms with Gasteiger partial charge in [0.15, 0.2) is 0 Å². The van der Waals surface area contributed by atoms with Crippen LogP contribution in [-0.4, -0.2) is 16.8 Å². The van der Waals surface area contributed by atoms with Gasteiger partial charge >= 0.3 is 0 Å². The zero-order valence-corrected chi connectivity index (χ0v) is 21.0. The Kier molecular flexibility index (Phi) is 7.41. The fraction of sp³-hybridized carbons (Fsp3) is 0.103. The first-order valence-electron chi connectivity index (χ1n) is 11.5. The van der Waals surface area contributed by atoms with E-state index in [1.807, 2.05) is 49.0 Å². The number of nitrogens with zero attached hydrogens (tertiary/aromatic N) is 2. The Labute approximate surface area is 214 Å². The molecular weight excluding hydrogens is 470 g/mol. The number of hydrogen-bond acceptors (Lipinski definition) is 6. The maximum absolute atomic E-state index is 5.60. The summed E-state index contributed by atoms with van der Waals surface area (Å²) < 4.78 is 5.60. The molecule has 35 heavy (non-hydrogen) atoms. The average Bonchev–Trinajstić information content (AvgIpc) is 3.37. The predicted molar refractivity (Wildman–Crippen MR) is 148 cm³/mol. The van der Waals surface area contributed by atoms with Crippen LogP contribution in [0.25, 0.3) is 21.7 Å². The van der Waals surface area contributed by atoms with Crippen molar-refractivity contribution in [3.63, 3.8) is 0 Å². The van der Waals surface area contributed by atoms with Gasteiger partial charge in [-0.25, -0.2) is 0 Å². The molecule has 174 valence electrons. The second-order valence-corrected chi connectivity index (χ2v) is 9.90. The van der Waals surface area contributed by atoms with Crippen molar-refractivity contribution in [3.8, 4) is 27.4 Å². The Morgan fingerprint density at radius 1 is 0.771 bits per heavy atom. The molecule has 0 amide bonds. The van der Waals surface area contributed by atoms with Crippen LogP contribution in [0, 0.1) is 0 Å². The summed E-state index contributed by atoms with van der Waals surface area (Å²) in [6, 6.07) is 35.6. The monoisotopic (exact) mass is 495 g/mol. The van der Waals surface area contributed by atoms with Crippen LogP contribution in [0.1, 0.15) is 12.5 Å². The highest BCUT2D eigenvalue weighted by Gasteiger charge is 2.09. The number of ether oxygens (including phenoxy) is 1. The van der Waals surface area contributed by atoms with Crippen LogP contribution >= 0.6 is 23.1 Å². The van der Waals surface area contributed by atoms with E-state index in [0.717, 1.165) is 32.9 Å². The molecule has 5 rings (SSSR count). The van der Waals surface area contributed by atoms with E-state index >= 15 is 0 Å². The molecule has 0 bridgehead atoms. The van der Waals surface area contributed by atoms with E-state index in [-0.39, 0.29) is 0 Å². The van der Waals surface area contributed by atoms with Gasteiger partial charge in [0.25, 0.3) is 0 Å². The van der Waals surface area contributed by atoms with Gasteiger partial charge in [-0.2, -0.15) is 0 Å². The molecule has 0 saturated carbocycles. The Morgan fingerprint density at radius 2 is 1.54 bits per heavy atom. The van der Waals surface area contributed by atoms with E-state index in [1.165, 1.54) is 32.9 Å². The fourth-order valence-electron chi connectivity index (χ4n) is 3.65. The standard InChI is InChI=1S/C29H25N3OS2/c1-2-33-26-12-6-10-24(18-26)28-31-32-29(35-28)30-25-11-7-13-27(19-25)34-20-21-14-16-23(17-15-21)22-8-4-3-5-9-22/h3-19H,2,20H2,1H3,(H,30,32). The van der Waals surface area contributed by atoms with Crippen molar-refractivity contribution in [3.05, 3.63) is 109 Å². The zero-order chi connectivity index (χ0) is 23.9. The van der Waals surface area contributed by atoms with E-state index in [1.54, 1.807) is 0 Å². The van der Waals surface area contributed by atoms with Crippen molar-refractivity contribution in [2.45, 2.75) is 17.6 Å². The SMILES string of the molecule is CCOc1cccc(-c2nnc(Nc3cccc(SCc4ccc(-c5ccccc5)cc4)c3)s2)c1. The number of aromatic nitrogens is 2. The van der Waals surface area contributed by atoms with E-state index in [4.69, 9.17) is 4.74 Å². The van der Waals surface area contributed by atoms with E-state index in [2.05, 4.69) is 88.3 Å². The van der Waals surface area contributed by atoms with Gasteiger partial charge in [0.05, 0.1) is 6.61 Å². The molecule has 4 nitrogen and oxygen atoms in total. The highest BCUT2D eigenvalue weighted by atomic mass is 32.2. The van der Waals surface area contributed by atoms with Crippen LogP contribution in [0.3, 0.4) is 0 Å². The van der Waals surface area contributed by atoms with Crippen molar-refractivity contribution < 1.29 is 4.74 Å². The summed E-state index contributed by atoms with van der Waals surface area (Å²) in [6.07, 6.45) is 0. The van der Waals surface area contributed by atoms with E-state index in [0.29, 0.717) is 6.61 Å². The highest BCUT2D eigenvalue weighted by Crippen LogP contribution is 2.32. The van der Waals surface area contributed by atoms with Crippen LogP contribution in [-0.2, 0) is 5.75 Å². The minimum atomic E-state index is 0.639. The lowest BCUT2D eigenvalue weighted by Crippen LogP contribution is -1.91. The first kappa shape index (κ1) is 23.1. The summed E-state index contributed by atoms with van der Waals surface area (Å²) in [5.74, 6) is 1.76. The Balaban J connectivity index is 1.21. The molecule has 0 aliphatic carbocycles. The summed E-state index contributed by atoms with van der Waals surface area (Å²) in [5.41, 5.74) is 5.79. The molecule has 0 saturated heterocycles. The molecule has 0 aliphatic heterocycles. The normalized spacial score (nSPS) is 10.8. The summed E-state index contributed by atoms with van der Waals surface area (Å²) >= 11 is 3.35. The van der Waals surface area contributed by atoms with Crippen LogP contribution < -0.4 is 10.1 Å². The summed E-state index contributed by atoms with van der Waals surface area (Å²) in [7, 11) is 0.